The fourth-order valence-electron chi connectivity index (χ4n) is 2.14. The van der Waals surface area contributed by atoms with Gasteiger partial charge in [0.05, 0.1) is 18.7 Å². The van der Waals surface area contributed by atoms with E-state index in [0.29, 0.717) is 40.3 Å². The molecule has 24 heavy (non-hydrogen) atoms. The summed E-state index contributed by atoms with van der Waals surface area (Å²) in [5, 5.41) is 6.93. The van der Waals surface area contributed by atoms with Gasteiger partial charge in [0.1, 0.15) is 11.4 Å². The molecular weight excluding hydrogens is 332 g/mol. The van der Waals surface area contributed by atoms with Gasteiger partial charge >= 0.3 is 0 Å². The van der Waals surface area contributed by atoms with E-state index in [1.807, 2.05) is 6.92 Å². The van der Waals surface area contributed by atoms with Crippen LogP contribution >= 0.6 is 11.6 Å². The van der Waals surface area contributed by atoms with Gasteiger partial charge in [0.25, 0.3) is 0 Å². The minimum atomic E-state index is -0.297. The predicted molar refractivity (Wildman–Crippen MR) is 92.8 cm³/mol. The Morgan fingerprint density at radius 3 is 2.75 bits per heavy atom. The molecule has 2 rings (SSSR count). The molecule has 1 heterocycles. The maximum absolute atomic E-state index is 12.1. The van der Waals surface area contributed by atoms with Crippen molar-refractivity contribution < 1.29 is 18.8 Å². The molecule has 128 valence electrons. The molecule has 7 heteroatoms. The largest absolute Gasteiger partial charge is 0.491 e. The van der Waals surface area contributed by atoms with Gasteiger partial charge in [-0.1, -0.05) is 16.8 Å². The Kier molecular flexibility index (Phi) is 5.87. The van der Waals surface area contributed by atoms with Crippen molar-refractivity contribution in [1.82, 2.24) is 5.16 Å². The number of halogens is 1. The van der Waals surface area contributed by atoms with Crippen LogP contribution in [0, 0.1) is 13.8 Å². The second kappa shape index (κ2) is 7.88. The molecule has 0 aliphatic heterocycles. The fourth-order valence-corrected chi connectivity index (χ4v) is 2.44. The van der Waals surface area contributed by atoms with Crippen LogP contribution < -0.4 is 14.8 Å². The van der Waals surface area contributed by atoms with Crippen molar-refractivity contribution in [3.05, 3.63) is 40.2 Å². The number of carbonyl (C=O) groups excluding carboxylic acids is 1. The van der Waals surface area contributed by atoms with Gasteiger partial charge in [-0.25, -0.2) is 0 Å². The van der Waals surface area contributed by atoms with Crippen LogP contribution in [-0.2, 0) is 4.79 Å². The lowest BCUT2D eigenvalue weighted by atomic mass is 10.2. The predicted octanol–water partition coefficient (Wildman–Crippen LogP) is 4.00. The standard InChI is InChI=1S/C17H19ClN2O4/c1-5-23-14-9-12(8-13(18)17(14)22-4)6-7-15(21)19-16-10(2)20-24-11(16)3/h6-9H,5H2,1-4H3,(H,19,21)/b7-6+. The summed E-state index contributed by atoms with van der Waals surface area (Å²) in [7, 11) is 1.52. The number of anilines is 1. The topological polar surface area (TPSA) is 73.6 Å². The third-order valence-corrected chi connectivity index (χ3v) is 3.53. The van der Waals surface area contributed by atoms with E-state index >= 15 is 0 Å². The lowest BCUT2D eigenvalue weighted by Crippen LogP contribution is -2.09. The van der Waals surface area contributed by atoms with Crippen molar-refractivity contribution in [2.45, 2.75) is 20.8 Å². The number of benzene rings is 1. The van der Waals surface area contributed by atoms with Gasteiger partial charge in [-0.2, -0.15) is 0 Å². The molecule has 0 spiro atoms. The van der Waals surface area contributed by atoms with Crippen LogP contribution in [0.15, 0.2) is 22.7 Å². The van der Waals surface area contributed by atoms with Crippen LogP contribution in [0.2, 0.25) is 5.02 Å². The zero-order chi connectivity index (χ0) is 17.7. The molecule has 0 fully saturated rings. The molecule has 0 radical (unpaired) electrons. The first-order valence-electron chi connectivity index (χ1n) is 7.38. The first kappa shape index (κ1) is 17.9. The van der Waals surface area contributed by atoms with Crippen molar-refractivity contribution in [3.8, 4) is 11.5 Å². The molecule has 1 N–H and O–H groups in total. The summed E-state index contributed by atoms with van der Waals surface area (Å²) >= 11 is 6.18. The van der Waals surface area contributed by atoms with Crippen LogP contribution in [-0.4, -0.2) is 24.8 Å². The van der Waals surface area contributed by atoms with Gasteiger partial charge < -0.3 is 19.3 Å². The van der Waals surface area contributed by atoms with Crippen molar-refractivity contribution in [1.29, 1.82) is 0 Å². The van der Waals surface area contributed by atoms with Gasteiger partial charge in [0.15, 0.2) is 17.3 Å². The number of hydrogen-bond donors (Lipinski definition) is 1. The Morgan fingerprint density at radius 1 is 1.42 bits per heavy atom. The van der Waals surface area contributed by atoms with E-state index < -0.39 is 0 Å². The Balaban J connectivity index is 2.17. The quantitative estimate of drug-likeness (QED) is 0.797. The van der Waals surface area contributed by atoms with E-state index in [2.05, 4.69) is 10.5 Å². The lowest BCUT2D eigenvalue weighted by molar-refractivity contribution is -0.111. The number of rotatable bonds is 6. The number of methoxy groups -OCH3 is 1. The normalized spacial score (nSPS) is 10.9. The van der Waals surface area contributed by atoms with Crippen LogP contribution in [0.4, 0.5) is 5.69 Å². The SMILES string of the molecule is CCOc1cc(/C=C/C(=O)Nc2c(C)noc2C)cc(Cl)c1OC. The Bertz CT molecular complexity index is 749. The number of aryl methyl sites for hydroxylation is 2. The number of carbonyl (C=O) groups is 1. The Morgan fingerprint density at radius 2 is 2.17 bits per heavy atom. The van der Waals surface area contributed by atoms with Gasteiger partial charge in [-0.3, -0.25) is 4.79 Å². The maximum atomic E-state index is 12.1. The molecule has 0 atom stereocenters. The summed E-state index contributed by atoms with van der Waals surface area (Å²) in [4.78, 5) is 12.1. The molecule has 1 aromatic carbocycles. The molecule has 0 bridgehead atoms. The van der Waals surface area contributed by atoms with E-state index in [4.69, 9.17) is 25.6 Å². The number of hydrogen-bond acceptors (Lipinski definition) is 5. The highest BCUT2D eigenvalue weighted by molar-refractivity contribution is 6.32. The molecule has 1 aromatic heterocycles. The third-order valence-electron chi connectivity index (χ3n) is 3.24. The molecule has 0 saturated heterocycles. The molecular formula is C17H19ClN2O4. The van der Waals surface area contributed by atoms with Crippen molar-refractivity contribution in [3.63, 3.8) is 0 Å². The Labute approximate surface area is 145 Å². The molecule has 6 nitrogen and oxygen atoms in total. The molecule has 1 amide bonds. The molecule has 2 aromatic rings. The first-order chi connectivity index (χ1) is 11.5. The van der Waals surface area contributed by atoms with Gasteiger partial charge in [-0.15, -0.1) is 0 Å². The highest BCUT2D eigenvalue weighted by Gasteiger charge is 2.12. The summed E-state index contributed by atoms with van der Waals surface area (Å²) in [6, 6.07) is 3.45. The van der Waals surface area contributed by atoms with Crippen LogP contribution in [0.5, 0.6) is 11.5 Å². The fraction of sp³-hybridized carbons (Fsp3) is 0.294. The minimum absolute atomic E-state index is 0.297. The zero-order valence-corrected chi connectivity index (χ0v) is 14.7. The summed E-state index contributed by atoms with van der Waals surface area (Å²) in [6.45, 7) is 5.84. The number of amides is 1. The average Bonchev–Trinajstić information content (AvgIpc) is 2.85. The molecule has 0 unspecified atom stereocenters. The van der Waals surface area contributed by atoms with Crippen molar-refractivity contribution in [2.75, 3.05) is 19.0 Å². The second-order valence-corrected chi connectivity index (χ2v) is 5.40. The zero-order valence-electron chi connectivity index (χ0n) is 14.0. The van der Waals surface area contributed by atoms with E-state index in [0.717, 1.165) is 5.56 Å². The highest BCUT2D eigenvalue weighted by Crippen LogP contribution is 2.36. The minimum Gasteiger partial charge on any atom is -0.491 e. The van der Waals surface area contributed by atoms with E-state index in [1.165, 1.54) is 13.2 Å². The summed E-state index contributed by atoms with van der Waals surface area (Å²) in [5.41, 5.74) is 1.92. The first-order valence-corrected chi connectivity index (χ1v) is 7.76. The van der Waals surface area contributed by atoms with Crippen LogP contribution in [0.25, 0.3) is 6.08 Å². The van der Waals surface area contributed by atoms with Crippen LogP contribution in [0.3, 0.4) is 0 Å². The highest BCUT2D eigenvalue weighted by atomic mass is 35.5. The van der Waals surface area contributed by atoms with Crippen LogP contribution in [0.1, 0.15) is 23.9 Å². The van der Waals surface area contributed by atoms with Gasteiger partial charge in [-0.05, 0) is 44.5 Å². The maximum Gasteiger partial charge on any atom is 0.248 e. The molecule has 0 aliphatic rings. The smallest absolute Gasteiger partial charge is 0.248 e. The summed E-state index contributed by atoms with van der Waals surface area (Å²) in [5.74, 6) is 1.25. The van der Waals surface area contributed by atoms with E-state index in [9.17, 15) is 4.79 Å². The van der Waals surface area contributed by atoms with E-state index in [1.54, 1.807) is 32.1 Å². The summed E-state index contributed by atoms with van der Waals surface area (Å²) in [6.07, 6.45) is 3.04. The number of nitrogens with zero attached hydrogens (tertiary/aromatic N) is 1. The number of ether oxygens (including phenoxy) is 2. The van der Waals surface area contributed by atoms with E-state index in [-0.39, 0.29) is 5.91 Å². The Hall–Kier alpha value is -2.47. The van der Waals surface area contributed by atoms with Gasteiger partial charge in [0.2, 0.25) is 5.91 Å². The molecule has 0 aliphatic carbocycles. The van der Waals surface area contributed by atoms with Crippen molar-refractivity contribution >= 4 is 29.3 Å². The third kappa shape index (κ3) is 4.08. The average molecular weight is 351 g/mol. The second-order valence-electron chi connectivity index (χ2n) is 4.99. The van der Waals surface area contributed by atoms with Gasteiger partial charge in [0, 0.05) is 6.08 Å². The number of aromatic nitrogens is 1. The lowest BCUT2D eigenvalue weighted by Gasteiger charge is -2.11. The van der Waals surface area contributed by atoms with Crippen molar-refractivity contribution in [2.24, 2.45) is 0 Å². The monoisotopic (exact) mass is 350 g/mol. The summed E-state index contributed by atoms with van der Waals surface area (Å²) < 4.78 is 15.7. The number of nitrogens with one attached hydrogen (secondary N) is 1. The molecule has 0 saturated carbocycles.